The lowest BCUT2D eigenvalue weighted by Gasteiger charge is -2.31. The van der Waals surface area contributed by atoms with E-state index >= 15 is 0 Å². The number of benzene rings is 1. The SMILES string of the molecule is COC(C)(c1ccc(Nc2nn(C3CCCCC3)c3cc[nH]c(=O)c23)cc1)C(F)(F)F. The maximum Gasteiger partial charge on any atom is 0.421 e. The third-order valence-corrected chi connectivity index (χ3v) is 6.20. The molecule has 166 valence electrons. The van der Waals surface area contributed by atoms with Gasteiger partial charge in [-0.1, -0.05) is 31.4 Å². The molecule has 1 atom stereocenters. The summed E-state index contributed by atoms with van der Waals surface area (Å²) >= 11 is 0. The molecule has 0 saturated heterocycles. The minimum Gasteiger partial charge on any atom is -0.364 e. The van der Waals surface area contributed by atoms with Crippen molar-refractivity contribution in [2.75, 3.05) is 12.4 Å². The number of hydrogen-bond donors (Lipinski definition) is 2. The molecule has 3 aromatic rings. The van der Waals surface area contributed by atoms with Crippen LogP contribution in [0.2, 0.25) is 0 Å². The van der Waals surface area contributed by atoms with Gasteiger partial charge in [0.15, 0.2) is 11.4 Å². The quantitative estimate of drug-likeness (QED) is 0.564. The summed E-state index contributed by atoms with van der Waals surface area (Å²) in [7, 11) is 1.04. The zero-order valence-electron chi connectivity index (χ0n) is 17.4. The number of nitrogens with zero attached hydrogens (tertiary/aromatic N) is 2. The first-order valence-corrected chi connectivity index (χ1v) is 10.3. The summed E-state index contributed by atoms with van der Waals surface area (Å²) in [4.78, 5) is 15.2. The van der Waals surface area contributed by atoms with Crippen molar-refractivity contribution >= 4 is 22.4 Å². The van der Waals surface area contributed by atoms with Crippen molar-refractivity contribution in [3.63, 3.8) is 0 Å². The minimum atomic E-state index is -4.56. The van der Waals surface area contributed by atoms with Crippen molar-refractivity contribution in [1.82, 2.24) is 14.8 Å². The summed E-state index contributed by atoms with van der Waals surface area (Å²) in [5.41, 5.74) is -1.40. The Balaban J connectivity index is 1.68. The Morgan fingerprint density at radius 2 is 1.81 bits per heavy atom. The van der Waals surface area contributed by atoms with Crippen molar-refractivity contribution in [2.45, 2.75) is 56.8 Å². The number of anilines is 2. The largest absolute Gasteiger partial charge is 0.421 e. The van der Waals surface area contributed by atoms with Crippen molar-refractivity contribution in [3.8, 4) is 0 Å². The van der Waals surface area contributed by atoms with Gasteiger partial charge in [-0.2, -0.15) is 18.3 Å². The average molecular weight is 434 g/mol. The van der Waals surface area contributed by atoms with Crippen LogP contribution in [0.25, 0.3) is 10.9 Å². The number of hydrogen-bond acceptors (Lipinski definition) is 4. The van der Waals surface area contributed by atoms with E-state index in [-0.39, 0.29) is 17.2 Å². The summed E-state index contributed by atoms with van der Waals surface area (Å²) in [5.74, 6) is 0.389. The number of fused-ring (bicyclic) bond motifs is 1. The smallest absolute Gasteiger partial charge is 0.364 e. The molecule has 0 aliphatic heterocycles. The summed E-state index contributed by atoms with van der Waals surface area (Å²) in [6.07, 6.45) is 2.50. The molecule has 1 fully saturated rings. The summed E-state index contributed by atoms with van der Waals surface area (Å²) in [5, 5.41) is 8.22. The Morgan fingerprint density at radius 3 is 2.42 bits per heavy atom. The van der Waals surface area contributed by atoms with Gasteiger partial charge in [0.05, 0.1) is 11.6 Å². The number of H-pyrrole nitrogens is 1. The van der Waals surface area contributed by atoms with E-state index in [1.54, 1.807) is 6.20 Å². The highest BCUT2D eigenvalue weighted by Gasteiger charge is 2.53. The minimum absolute atomic E-state index is 0.0107. The van der Waals surface area contributed by atoms with Gasteiger partial charge in [0.1, 0.15) is 5.39 Å². The normalized spacial score (nSPS) is 17.6. The number of pyridine rings is 1. The van der Waals surface area contributed by atoms with E-state index in [0.29, 0.717) is 16.9 Å². The molecule has 9 heteroatoms. The van der Waals surface area contributed by atoms with Gasteiger partial charge in [-0.3, -0.25) is 9.48 Å². The molecule has 0 radical (unpaired) electrons. The molecule has 4 rings (SSSR count). The van der Waals surface area contributed by atoms with Gasteiger partial charge in [0, 0.05) is 19.0 Å². The second kappa shape index (κ2) is 8.03. The fourth-order valence-electron chi connectivity index (χ4n) is 4.20. The van der Waals surface area contributed by atoms with Crippen molar-refractivity contribution in [2.24, 2.45) is 0 Å². The molecule has 1 saturated carbocycles. The highest BCUT2D eigenvalue weighted by atomic mass is 19.4. The van der Waals surface area contributed by atoms with Gasteiger partial charge >= 0.3 is 6.18 Å². The lowest BCUT2D eigenvalue weighted by atomic mass is 9.95. The highest BCUT2D eigenvalue weighted by Crippen LogP contribution is 2.42. The molecule has 0 spiro atoms. The zero-order valence-corrected chi connectivity index (χ0v) is 17.4. The Kier molecular flexibility index (Phi) is 5.55. The number of aromatic amines is 1. The van der Waals surface area contributed by atoms with Crippen LogP contribution in [-0.2, 0) is 10.3 Å². The number of methoxy groups -OCH3 is 1. The van der Waals surface area contributed by atoms with E-state index < -0.39 is 11.8 Å². The molecular formula is C22H25F3N4O2. The predicted molar refractivity (Wildman–Crippen MR) is 113 cm³/mol. The Labute approximate surface area is 177 Å². The van der Waals surface area contributed by atoms with E-state index in [9.17, 15) is 18.0 Å². The second-order valence-corrected chi connectivity index (χ2v) is 8.09. The van der Waals surface area contributed by atoms with Crippen LogP contribution in [0.3, 0.4) is 0 Å². The van der Waals surface area contributed by atoms with Gasteiger partial charge in [0.25, 0.3) is 5.56 Å². The number of aromatic nitrogens is 3. The topological polar surface area (TPSA) is 71.9 Å². The number of ether oxygens (including phenoxy) is 1. The summed E-state index contributed by atoms with van der Waals surface area (Å²) in [6, 6.07) is 7.85. The molecule has 1 aliphatic rings. The van der Waals surface area contributed by atoms with E-state index in [2.05, 4.69) is 15.4 Å². The van der Waals surface area contributed by atoms with Crippen LogP contribution < -0.4 is 10.9 Å². The molecule has 1 aliphatic carbocycles. The fraction of sp³-hybridized carbons (Fsp3) is 0.455. The highest BCUT2D eigenvalue weighted by molar-refractivity contribution is 5.91. The first kappa shape index (κ1) is 21.4. The molecule has 1 aromatic carbocycles. The third kappa shape index (κ3) is 3.82. The Hall–Kier alpha value is -2.81. The van der Waals surface area contributed by atoms with Crippen LogP contribution in [0.15, 0.2) is 41.3 Å². The standard InChI is InChI=1S/C22H25F3N4O2/c1-21(31-2,22(23,24)25)14-8-10-15(11-9-14)27-19-18-17(12-13-26-20(18)30)29(28-19)16-6-4-3-5-7-16/h8-13,16H,3-7H2,1-2H3,(H,26,30)(H,27,28). The Morgan fingerprint density at radius 1 is 1.13 bits per heavy atom. The molecule has 31 heavy (non-hydrogen) atoms. The van der Waals surface area contributed by atoms with Crippen LogP contribution >= 0.6 is 0 Å². The van der Waals surface area contributed by atoms with E-state index in [0.717, 1.165) is 45.2 Å². The first-order chi connectivity index (χ1) is 14.7. The monoisotopic (exact) mass is 434 g/mol. The lowest BCUT2D eigenvalue weighted by Crippen LogP contribution is -2.41. The number of halogens is 3. The molecule has 0 bridgehead atoms. The van der Waals surface area contributed by atoms with Gasteiger partial charge < -0.3 is 15.0 Å². The fourth-order valence-corrected chi connectivity index (χ4v) is 4.20. The van der Waals surface area contributed by atoms with Crippen molar-refractivity contribution in [3.05, 3.63) is 52.4 Å². The van der Waals surface area contributed by atoms with Crippen molar-refractivity contribution in [1.29, 1.82) is 0 Å². The molecule has 0 amide bonds. The van der Waals surface area contributed by atoms with E-state index in [4.69, 9.17) is 4.74 Å². The van der Waals surface area contributed by atoms with Gasteiger partial charge in [-0.25, -0.2) is 0 Å². The van der Waals surface area contributed by atoms with Gasteiger partial charge in [0.2, 0.25) is 0 Å². The van der Waals surface area contributed by atoms with Crippen LogP contribution in [0.1, 0.15) is 50.6 Å². The summed E-state index contributed by atoms with van der Waals surface area (Å²) < 4.78 is 47.0. The summed E-state index contributed by atoms with van der Waals surface area (Å²) in [6.45, 7) is 0.994. The molecule has 6 nitrogen and oxygen atoms in total. The lowest BCUT2D eigenvalue weighted by molar-refractivity contribution is -0.269. The number of rotatable bonds is 5. The maximum atomic E-state index is 13.4. The van der Waals surface area contributed by atoms with Gasteiger partial charge in [-0.05, 0) is 43.5 Å². The Bertz CT molecular complexity index is 1110. The first-order valence-electron chi connectivity index (χ1n) is 10.3. The molecule has 1 unspecified atom stereocenters. The molecule has 2 heterocycles. The molecule has 2 N–H and O–H groups in total. The third-order valence-electron chi connectivity index (χ3n) is 6.20. The average Bonchev–Trinajstić information content (AvgIpc) is 3.13. The van der Waals surface area contributed by atoms with E-state index in [1.807, 2.05) is 10.7 Å². The van der Waals surface area contributed by atoms with Crippen LogP contribution in [0.5, 0.6) is 0 Å². The zero-order chi connectivity index (χ0) is 22.2. The van der Waals surface area contributed by atoms with E-state index in [1.165, 1.54) is 30.7 Å². The second-order valence-electron chi connectivity index (χ2n) is 8.09. The number of alkyl halides is 3. The predicted octanol–water partition coefficient (Wildman–Crippen LogP) is 5.40. The van der Waals surface area contributed by atoms with Crippen LogP contribution in [0, 0.1) is 0 Å². The van der Waals surface area contributed by atoms with Gasteiger partial charge in [-0.15, -0.1) is 0 Å². The maximum absolute atomic E-state index is 13.4. The van der Waals surface area contributed by atoms with Crippen LogP contribution in [-0.4, -0.2) is 28.1 Å². The number of nitrogens with one attached hydrogen (secondary N) is 2. The van der Waals surface area contributed by atoms with Crippen molar-refractivity contribution < 1.29 is 17.9 Å². The molecule has 2 aromatic heterocycles. The van der Waals surface area contributed by atoms with Crippen LogP contribution in [0.4, 0.5) is 24.7 Å². The molecular weight excluding hydrogens is 409 g/mol.